The number of amides is 1. The molecule has 2 aromatic heterocycles. The van der Waals surface area contributed by atoms with Crippen LogP contribution in [0.15, 0.2) is 30.6 Å². The standard InChI is InChI=1S/C21H25N5O3/c1-12(2)16-8-6-7-9-18(16)25-20(28)15(5)29-19(27)10-17-13(3)24-21-22-11-23-26(21)14(17)4/h6-9,11-12,15H,10H2,1-5H3,(H,25,28)/t15-/m0/s1. The molecule has 29 heavy (non-hydrogen) atoms. The largest absolute Gasteiger partial charge is 0.452 e. The third-order valence-corrected chi connectivity index (χ3v) is 4.83. The highest BCUT2D eigenvalue weighted by atomic mass is 16.5. The normalized spacial score (nSPS) is 12.2. The number of anilines is 1. The topological polar surface area (TPSA) is 98.5 Å². The van der Waals surface area contributed by atoms with E-state index in [2.05, 4.69) is 34.2 Å². The number of rotatable bonds is 6. The molecular formula is C21H25N5O3. The van der Waals surface area contributed by atoms with Crippen LogP contribution in [0.2, 0.25) is 0 Å². The first kappa shape index (κ1) is 20.4. The lowest BCUT2D eigenvalue weighted by atomic mass is 10.0. The average molecular weight is 395 g/mol. The van der Waals surface area contributed by atoms with Gasteiger partial charge in [0.2, 0.25) is 0 Å². The number of carbonyl (C=O) groups is 2. The van der Waals surface area contributed by atoms with Gasteiger partial charge in [-0.05, 0) is 38.3 Å². The van der Waals surface area contributed by atoms with Crippen molar-refractivity contribution in [3.05, 3.63) is 53.1 Å². The zero-order valence-electron chi connectivity index (χ0n) is 17.3. The SMILES string of the molecule is Cc1nc2ncnn2c(C)c1CC(=O)O[C@@H](C)C(=O)Nc1ccccc1C(C)C. The van der Waals surface area contributed by atoms with Crippen molar-refractivity contribution in [3.8, 4) is 0 Å². The highest BCUT2D eigenvalue weighted by molar-refractivity contribution is 5.95. The van der Waals surface area contributed by atoms with Gasteiger partial charge >= 0.3 is 5.97 Å². The maximum Gasteiger partial charge on any atom is 0.311 e. The van der Waals surface area contributed by atoms with Gasteiger partial charge in [-0.15, -0.1) is 0 Å². The Labute approximate surface area is 169 Å². The second-order valence-corrected chi connectivity index (χ2v) is 7.27. The van der Waals surface area contributed by atoms with Crippen molar-refractivity contribution in [2.24, 2.45) is 0 Å². The molecule has 0 aliphatic rings. The van der Waals surface area contributed by atoms with Crippen molar-refractivity contribution in [1.82, 2.24) is 19.6 Å². The number of aryl methyl sites for hydroxylation is 2. The van der Waals surface area contributed by atoms with Crippen LogP contribution in [0.5, 0.6) is 0 Å². The Kier molecular flexibility index (Phi) is 5.91. The second-order valence-electron chi connectivity index (χ2n) is 7.27. The Balaban J connectivity index is 1.67. The number of hydrogen-bond donors (Lipinski definition) is 1. The highest BCUT2D eigenvalue weighted by Crippen LogP contribution is 2.24. The smallest absolute Gasteiger partial charge is 0.311 e. The molecule has 1 amide bonds. The Morgan fingerprint density at radius 3 is 2.62 bits per heavy atom. The van der Waals surface area contributed by atoms with E-state index >= 15 is 0 Å². The predicted molar refractivity (Wildman–Crippen MR) is 109 cm³/mol. The lowest BCUT2D eigenvalue weighted by Crippen LogP contribution is -2.31. The van der Waals surface area contributed by atoms with Gasteiger partial charge in [-0.1, -0.05) is 32.0 Å². The summed E-state index contributed by atoms with van der Waals surface area (Å²) >= 11 is 0. The summed E-state index contributed by atoms with van der Waals surface area (Å²) < 4.78 is 6.95. The van der Waals surface area contributed by atoms with Crippen LogP contribution in [0.25, 0.3) is 5.78 Å². The van der Waals surface area contributed by atoms with Gasteiger partial charge in [0.05, 0.1) is 6.42 Å². The Hall–Kier alpha value is -3.29. The van der Waals surface area contributed by atoms with E-state index in [0.717, 1.165) is 16.9 Å². The molecule has 0 aliphatic heterocycles. The third kappa shape index (κ3) is 4.42. The molecule has 0 fully saturated rings. The van der Waals surface area contributed by atoms with Gasteiger partial charge in [0.25, 0.3) is 11.7 Å². The summed E-state index contributed by atoms with van der Waals surface area (Å²) in [5, 5.41) is 6.97. The van der Waals surface area contributed by atoms with E-state index in [1.807, 2.05) is 38.1 Å². The fourth-order valence-corrected chi connectivity index (χ4v) is 3.20. The van der Waals surface area contributed by atoms with Crippen LogP contribution in [0.1, 0.15) is 49.2 Å². The third-order valence-electron chi connectivity index (χ3n) is 4.83. The average Bonchev–Trinajstić information content (AvgIpc) is 3.13. The Morgan fingerprint density at radius 1 is 1.17 bits per heavy atom. The Morgan fingerprint density at radius 2 is 1.90 bits per heavy atom. The molecule has 0 unspecified atom stereocenters. The van der Waals surface area contributed by atoms with E-state index < -0.39 is 12.1 Å². The summed E-state index contributed by atoms with van der Waals surface area (Å²) in [6, 6.07) is 7.60. The van der Waals surface area contributed by atoms with Crippen LogP contribution >= 0.6 is 0 Å². The number of para-hydroxylation sites is 1. The predicted octanol–water partition coefficient (Wildman–Crippen LogP) is 2.98. The van der Waals surface area contributed by atoms with Gasteiger partial charge in [0.1, 0.15) is 6.33 Å². The minimum Gasteiger partial charge on any atom is -0.452 e. The molecule has 0 bridgehead atoms. The fourth-order valence-electron chi connectivity index (χ4n) is 3.20. The van der Waals surface area contributed by atoms with Crippen LogP contribution in [-0.2, 0) is 20.7 Å². The number of ether oxygens (including phenoxy) is 1. The van der Waals surface area contributed by atoms with Gasteiger partial charge in [0, 0.05) is 22.6 Å². The minimum atomic E-state index is -0.925. The van der Waals surface area contributed by atoms with E-state index in [4.69, 9.17) is 4.74 Å². The molecule has 0 saturated heterocycles. The molecule has 1 atom stereocenters. The number of esters is 1. The summed E-state index contributed by atoms with van der Waals surface area (Å²) in [6.45, 7) is 9.32. The van der Waals surface area contributed by atoms with Gasteiger partial charge < -0.3 is 10.1 Å². The molecule has 0 aliphatic carbocycles. The number of aromatic nitrogens is 4. The second kappa shape index (κ2) is 8.38. The summed E-state index contributed by atoms with van der Waals surface area (Å²) in [6.07, 6.45) is 0.491. The van der Waals surface area contributed by atoms with E-state index in [1.54, 1.807) is 11.4 Å². The lowest BCUT2D eigenvalue weighted by Gasteiger charge is -2.17. The molecule has 0 radical (unpaired) electrons. The lowest BCUT2D eigenvalue weighted by molar-refractivity contribution is -0.152. The van der Waals surface area contributed by atoms with E-state index in [9.17, 15) is 9.59 Å². The summed E-state index contributed by atoms with van der Waals surface area (Å²) in [5.74, 6) is -0.134. The molecule has 2 heterocycles. The van der Waals surface area contributed by atoms with E-state index in [1.165, 1.54) is 6.33 Å². The first-order chi connectivity index (χ1) is 13.8. The molecule has 8 heteroatoms. The zero-order chi connectivity index (χ0) is 21.1. The van der Waals surface area contributed by atoms with Crippen LogP contribution in [0, 0.1) is 13.8 Å². The van der Waals surface area contributed by atoms with Crippen molar-refractivity contribution in [2.75, 3.05) is 5.32 Å². The first-order valence-electron chi connectivity index (χ1n) is 9.53. The Bertz CT molecular complexity index is 1060. The molecule has 0 spiro atoms. The van der Waals surface area contributed by atoms with Crippen LogP contribution < -0.4 is 5.32 Å². The maximum atomic E-state index is 12.5. The fraction of sp³-hybridized carbons (Fsp3) is 0.381. The van der Waals surface area contributed by atoms with Crippen molar-refractivity contribution in [1.29, 1.82) is 0 Å². The molecular weight excluding hydrogens is 370 g/mol. The maximum absolute atomic E-state index is 12.5. The van der Waals surface area contributed by atoms with Crippen molar-refractivity contribution >= 4 is 23.3 Å². The molecule has 1 N–H and O–H groups in total. The quantitative estimate of drug-likeness (QED) is 0.644. The monoisotopic (exact) mass is 395 g/mol. The zero-order valence-corrected chi connectivity index (χ0v) is 17.3. The molecule has 3 aromatic rings. The number of carbonyl (C=O) groups excluding carboxylic acids is 2. The van der Waals surface area contributed by atoms with Gasteiger partial charge in [-0.25, -0.2) is 9.50 Å². The molecule has 0 saturated carbocycles. The highest BCUT2D eigenvalue weighted by Gasteiger charge is 2.21. The molecule has 1 aromatic carbocycles. The molecule has 3 rings (SSSR count). The van der Waals surface area contributed by atoms with Crippen molar-refractivity contribution < 1.29 is 14.3 Å². The number of nitrogens with zero attached hydrogens (tertiary/aromatic N) is 4. The van der Waals surface area contributed by atoms with Crippen molar-refractivity contribution in [3.63, 3.8) is 0 Å². The number of benzene rings is 1. The first-order valence-corrected chi connectivity index (χ1v) is 9.53. The number of fused-ring (bicyclic) bond motifs is 1. The molecule has 8 nitrogen and oxygen atoms in total. The van der Waals surface area contributed by atoms with Gasteiger partial charge in [-0.2, -0.15) is 10.1 Å². The van der Waals surface area contributed by atoms with Gasteiger partial charge in [0.15, 0.2) is 6.10 Å². The van der Waals surface area contributed by atoms with Gasteiger partial charge in [-0.3, -0.25) is 9.59 Å². The van der Waals surface area contributed by atoms with Crippen LogP contribution in [0.4, 0.5) is 5.69 Å². The summed E-state index contributed by atoms with van der Waals surface area (Å²) in [7, 11) is 0. The van der Waals surface area contributed by atoms with Crippen molar-refractivity contribution in [2.45, 2.75) is 53.1 Å². The molecule has 152 valence electrons. The number of nitrogens with one attached hydrogen (secondary N) is 1. The van der Waals surface area contributed by atoms with Crippen LogP contribution in [-0.4, -0.2) is 37.6 Å². The van der Waals surface area contributed by atoms with Crippen LogP contribution in [0.3, 0.4) is 0 Å². The summed E-state index contributed by atoms with van der Waals surface area (Å²) in [4.78, 5) is 33.4. The minimum absolute atomic E-state index is 0.000662. The van der Waals surface area contributed by atoms with E-state index in [-0.39, 0.29) is 18.2 Å². The summed E-state index contributed by atoms with van der Waals surface area (Å²) in [5.41, 5.74) is 3.92. The number of hydrogen-bond acceptors (Lipinski definition) is 6. The van der Waals surface area contributed by atoms with E-state index in [0.29, 0.717) is 17.0 Å².